The third-order valence-electron chi connectivity index (χ3n) is 2.48. The normalized spacial score (nSPS) is 11.2. The summed E-state index contributed by atoms with van der Waals surface area (Å²) in [4.78, 5) is 11.7. The van der Waals surface area contributed by atoms with E-state index in [9.17, 15) is 0 Å². The number of benzene rings is 1. The molecule has 14 heavy (non-hydrogen) atoms. The Balaban J connectivity index is 2.66. The molecule has 3 rings (SSSR count). The van der Waals surface area contributed by atoms with Crippen LogP contribution in [-0.2, 0) is 0 Å². The minimum Gasteiger partial charge on any atom is -0.361 e. The van der Waals surface area contributed by atoms with Gasteiger partial charge in [0, 0.05) is 17.1 Å². The van der Waals surface area contributed by atoms with Gasteiger partial charge in [0.25, 0.3) is 0 Å². The van der Waals surface area contributed by atoms with E-state index in [1.807, 2.05) is 12.3 Å². The molecule has 0 saturated carbocycles. The topological polar surface area (TPSA) is 41.6 Å². The Labute approximate surface area is 80.8 Å². The van der Waals surface area contributed by atoms with Crippen molar-refractivity contribution in [3.05, 3.63) is 36.3 Å². The number of nitrogens with zero attached hydrogens (tertiary/aromatic N) is 2. The molecular weight excluding hydrogens is 174 g/mol. The second-order valence-electron chi connectivity index (χ2n) is 3.40. The fourth-order valence-electron chi connectivity index (χ4n) is 1.81. The monoisotopic (exact) mass is 183 g/mol. The molecule has 2 aromatic heterocycles. The van der Waals surface area contributed by atoms with Crippen LogP contribution in [0, 0.1) is 6.92 Å². The molecule has 0 bridgehead atoms. The molecule has 3 aromatic rings. The van der Waals surface area contributed by atoms with Gasteiger partial charge in [0.1, 0.15) is 11.8 Å². The number of hydrogen-bond acceptors (Lipinski definition) is 2. The van der Waals surface area contributed by atoms with Crippen molar-refractivity contribution in [2.75, 3.05) is 0 Å². The van der Waals surface area contributed by atoms with E-state index in [0.717, 1.165) is 27.5 Å². The first-order valence-electron chi connectivity index (χ1n) is 4.53. The maximum absolute atomic E-state index is 4.28. The summed E-state index contributed by atoms with van der Waals surface area (Å²) in [6, 6.07) is 6.14. The van der Waals surface area contributed by atoms with Crippen LogP contribution in [0.5, 0.6) is 0 Å². The molecular formula is C11H9N3. The van der Waals surface area contributed by atoms with Crippen molar-refractivity contribution < 1.29 is 0 Å². The highest BCUT2D eigenvalue weighted by molar-refractivity contribution is 6.03. The number of aromatic nitrogens is 3. The van der Waals surface area contributed by atoms with E-state index in [1.54, 1.807) is 6.33 Å². The van der Waals surface area contributed by atoms with Gasteiger partial charge in [-0.2, -0.15) is 0 Å². The van der Waals surface area contributed by atoms with Crippen molar-refractivity contribution in [3.8, 4) is 0 Å². The van der Waals surface area contributed by atoms with Gasteiger partial charge in [0.05, 0.1) is 5.52 Å². The molecule has 0 amide bonds. The molecule has 0 spiro atoms. The number of nitrogens with one attached hydrogen (secondary N) is 1. The summed E-state index contributed by atoms with van der Waals surface area (Å²) in [6.07, 6.45) is 3.54. The predicted octanol–water partition coefficient (Wildman–Crippen LogP) is 2.42. The number of hydrogen-bond donors (Lipinski definition) is 1. The smallest absolute Gasteiger partial charge is 0.116 e. The summed E-state index contributed by atoms with van der Waals surface area (Å²) in [5, 5.41) is 1.13. The van der Waals surface area contributed by atoms with E-state index in [0.29, 0.717) is 0 Å². The summed E-state index contributed by atoms with van der Waals surface area (Å²) in [5.41, 5.74) is 4.25. The molecule has 0 saturated heterocycles. The van der Waals surface area contributed by atoms with Gasteiger partial charge in [-0.3, -0.25) is 0 Å². The standard InChI is InChI=1S/C11H9N3/c1-7-5-9-8(3-2-4-12-9)11-10(7)13-6-14-11/h2-6,12H,1H3. The number of aromatic amines is 1. The maximum Gasteiger partial charge on any atom is 0.116 e. The first-order valence-corrected chi connectivity index (χ1v) is 4.53. The van der Waals surface area contributed by atoms with Crippen molar-refractivity contribution in [3.63, 3.8) is 0 Å². The summed E-state index contributed by atoms with van der Waals surface area (Å²) < 4.78 is 0. The number of rotatable bonds is 0. The first-order chi connectivity index (χ1) is 6.86. The summed E-state index contributed by atoms with van der Waals surface area (Å²) in [6.45, 7) is 2.05. The van der Waals surface area contributed by atoms with Crippen molar-refractivity contribution >= 4 is 21.9 Å². The largest absolute Gasteiger partial charge is 0.361 e. The van der Waals surface area contributed by atoms with Gasteiger partial charge in [0.15, 0.2) is 0 Å². The molecule has 1 aromatic carbocycles. The second-order valence-corrected chi connectivity index (χ2v) is 3.40. The SMILES string of the molecule is Cc1cc2[nH]cccc2c2ncnc12. The van der Waals surface area contributed by atoms with Gasteiger partial charge in [-0.25, -0.2) is 9.97 Å². The molecule has 0 aliphatic heterocycles. The van der Waals surface area contributed by atoms with Crippen LogP contribution in [-0.4, -0.2) is 15.0 Å². The van der Waals surface area contributed by atoms with Gasteiger partial charge >= 0.3 is 0 Å². The number of imidazole rings is 1. The quantitative estimate of drug-likeness (QED) is 0.581. The van der Waals surface area contributed by atoms with Gasteiger partial charge < -0.3 is 4.98 Å². The Kier molecular flexibility index (Phi) is 1.36. The Hall–Kier alpha value is -1.90. The zero-order valence-electron chi connectivity index (χ0n) is 7.78. The Morgan fingerprint density at radius 2 is 2.07 bits per heavy atom. The van der Waals surface area contributed by atoms with E-state index in [4.69, 9.17) is 0 Å². The van der Waals surface area contributed by atoms with Crippen LogP contribution >= 0.6 is 0 Å². The average molecular weight is 183 g/mol. The zero-order valence-corrected chi connectivity index (χ0v) is 7.78. The maximum atomic E-state index is 4.28. The Morgan fingerprint density at radius 3 is 3.00 bits per heavy atom. The highest BCUT2D eigenvalue weighted by Gasteiger charge is 2.05. The lowest BCUT2D eigenvalue weighted by Gasteiger charge is -2.00. The van der Waals surface area contributed by atoms with Crippen LogP contribution in [0.2, 0.25) is 0 Å². The fraction of sp³-hybridized carbons (Fsp3) is 0.0909. The highest BCUT2D eigenvalue weighted by atomic mass is 14.9. The van der Waals surface area contributed by atoms with Crippen molar-refractivity contribution in [2.45, 2.75) is 6.92 Å². The van der Waals surface area contributed by atoms with Crippen molar-refractivity contribution in [1.29, 1.82) is 0 Å². The Morgan fingerprint density at radius 1 is 1.21 bits per heavy atom. The van der Waals surface area contributed by atoms with Crippen molar-refractivity contribution in [2.24, 2.45) is 0 Å². The van der Waals surface area contributed by atoms with Crippen LogP contribution in [0.3, 0.4) is 0 Å². The lowest BCUT2D eigenvalue weighted by molar-refractivity contribution is 1.34. The third-order valence-corrected chi connectivity index (χ3v) is 2.48. The minimum absolute atomic E-state index is 0.983. The summed E-state index contributed by atoms with van der Waals surface area (Å²) in [7, 11) is 0. The van der Waals surface area contributed by atoms with Crippen LogP contribution in [0.25, 0.3) is 21.9 Å². The minimum atomic E-state index is 0.983. The van der Waals surface area contributed by atoms with E-state index in [2.05, 4.69) is 34.0 Å². The van der Waals surface area contributed by atoms with E-state index in [1.165, 1.54) is 0 Å². The van der Waals surface area contributed by atoms with Gasteiger partial charge in [-0.05, 0) is 30.7 Å². The number of fused-ring (bicyclic) bond motifs is 3. The molecule has 3 heteroatoms. The number of aryl methyl sites for hydroxylation is 1. The van der Waals surface area contributed by atoms with Crippen LogP contribution in [0.15, 0.2) is 30.7 Å². The summed E-state index contributed by atoms with van der Waals surface area (Å²) in [5.74, 6) is 0. The van der Waals surface area contributed by atoms with E-state index in [-0.39, 0.29) is 0 Å². The van der Waals surface area contributed by atoms with Crippen LogP contribution in [0.4, 0.5) is 0 Å². The molecule has 0 radical (unpaired) electrons. The van der Waals surface area contributed by atoms with E-state index >= 15 is 0 Å². The molecule has 2 heterocycles. The van der Waals surface area contributed by atoms with Gasteiger partial charge in [0.2, 0.25) is 0 Å². The highest BCUT2D eigenvalue weighted by Crippen LogP contribution is 2.23. The Bertz CT molecular complexity index is 610. The lowest BCUT2D eigenvalue weighted by atomic mass is 10.1. The van der Waals surface area contributed by atoms with Gasteiger partial charge in [-0.15, -0.1) is 0 Å². The molecule has 0 unspecified atom stereocenters. The average Bonchev–Trinajstić information content (AvgIpc) is 2.67. The lowest BCUT2D eigenvalue weighted by Crippen LogP contribution is -1.83. The predicted molar refractivity (Wildman–Crippen MR) is 56.1 cm³/mol. The molecule has 0 fully saturated rings. The van der Waals surface area contributed by atoms with Gasteiger partial charge in [-0.1, -0.05) is 0 Å². The molecule has 1 N–H and O–H groups in total. The van der Waals surface area contributed by atoms with E-state index < -0.39 is 0 Å². The second kappa shape index (κ2) is 2.54. The number of pyridine rings is 1. The molecule has 0 atom stereocenters. The molecule has 0 aliphatic carbocycles. The zero-order chi connectivity index (χ0) is 9.54. The third kappa shape index (κ3) is 0.865. The molecule has 3 nitrogen and oxygen atoms in total. The molecule has 0 aliphatic rings. The number of H-pyrrole nitrogens is 1. The van der Waals surface area contributed by atoms with Crippen LogP contribution in [0.1, 0.15) is 5.56 Å². The first kappa shape index (κ1) is 7.50. The molecule has 68 valence electrons. The fourth-order valence-corrected chi connectivity index (χ4v) is 1.81. The van der Waals surface area contributed by atoms with Crippen LogP contribution < -0.4 is 0 Å². The summed E-state index contributed by atoms with van der Waals surface area (Å²) >= 11 is 0. The van der Waals surface area contributed by atoms with Crippen molar-refractivity contribution in [1.82, 2.24) is 15.0 Å².